The van der Waals surface area contributed by atoms with Crippen LogP contribution in [0, 0.1) is 19.8 Å². The summed E-state index contributed by atoms with van der Waals surface area (Å²) in [5.74, 6) is 0.628. The molecule has 1 saturated heterocycles. The van der Waals surface area contributed by atoms with Crippen LogP contribution in [-0.2, 0) is 11.2 Å². The molecule has 0 aromatic heterocycles. The molecular formula is C24H31N3O2. The van der Waals surface area contributed by atoms with Crippen molar-refractivity contribution in [2.45, 2.75) is 39.5 Å². The molecule has 0 radical (unpaired) electrons. The van der Waals surface area contributed by atoms with E-state index in [0.717, 1.165) is 43.6 Å². The predicted octanol–water partition coefficient (Wildman–Crippen LogP) is 4.30. The summed E-state index contributed by atoms with van der Waals surface area (Å²) in [6.45, 7) is 6.29. The van der Waals surface area contributed by atoms with Crippen molar-refractivity contribution >= 4 is 17.6 Å². The number of aryl methyl sites for hydroxylation is 2. The van der Waals surface area contributed by atoms with E-state index in [0.29, 0.717) is 18.9 Å². The Hall–Kier alpha value is -2.82. The zero-order valence-electron chi connectivity index (χ0n) is 17.4. The summed E-state index contributed by atoms with van der Waals surface area (Å²) in [5, 5.41) is 6.01. The van der Waals surface area contributed by atoms with E-state index in [2.05, 4.69) is 16.7 Å². The van der Waals surface area contributed by atoms with E-state index >= 15 is 0 Å². The molecule has 0 atom stereocenters. The highest BCUT2D eigenvalue weighted by atomic mass is 16.2. The van der Waals surface area contributed by atoms with Crippen LogP contribution in [0.25, 0.3) is 0 Å². The molecule has 0 saturated carbocycles. The van der Waals surface area contributed by atoms with Gasteiger partial charge in [-0.05, 0) is 56.7 Å². The third-order valence-electron chi connectivity index (χ3n) is 5.53. The van der Waals surface area contributed by atoms with Gasteiger partial charge in [-0.3, -0.25) is 4.79 Å². The summed E-state index contributed by atoms with van der Waals surface area (Å²) in [6.07, 6.45) is 3.36. The van der Waals surface area contributed by atoms with Crippen molar-refractivity contribution in [3.05, 3.63) is 65.2 Å². The number of benzene rings is 2. The van der Waals surface area contributed by atoms with Crippen molar-refractivity contribution in [1.82, 2.24) is 10.2 Å². The van der Waals surface area contributed by atoms with Crippen LogP contribution in [0.4, 0.5) is 10.5 Å². The topological polar surface area (TPSA) is 61.4 Å². The Kier molecular flexibility index (Phi) is 7.28. The Labute approximate surface area is 173 Å². The SMILES string of the molecule is Cc1ccc(NC(=O)N2CCC(CCNC(=O)Cc3cccc(C)c3)CC2)cc1. The second-order valence-corrected chi connectivity index (χ2v) is 8.03. The van der Waals surface area contributed by atoms with Gasteiger partial charge in [-0.1, -0.05) is 47.5 Å². The molecule has 154 valence electrons. The van der Waals surface area contributed by atoms with Gasteiger partial charge in [-0.2, -0.15) is 0 Å². The quantitative estimate of drug-likeness (QED) is 0.769. The average molecular weight is 394 g/mol. The number of amides is 3. The van der Waals surface area contributed by atoms with Crippen LogP contribution in [0.5, 0.6) is 0 Å². The van der Waals surface area contributed by atoms with E-state index in [4.69, 9.17) is 0 Å². The molecule has 2 N–H and O–H groups in total. The maximum absolute atomic E-state index is 12.4. The lowest BCUT2D eigenvalue weighted by atomic mass is 9.93. The maximum Gasteiger partial charge on any atom is 0.321 e. The number of nitrogens with zero attached hydrogens (tertiary/aromatic N) is 1. The second kappa shape index (κ2) is 10.1. The fraction of sp³-hybridized carbons (Fsp3) is 0.417. The molecule has 2 aromatic carbocycles. The van der Waals surface area contributed by atoms with E-state index in [1.54, 1.807) is 0 Å². The number of hydrogen-bond acceptors (Lipinski definition) is 2. The van der Waals surface area contributed by atoms with Gasteiger partial charge in [0.1, 0.15) is 0 Å². The lowest BCUT2D eigenvalue weighted by molar-refractivity contribution is -0.120. The third kappa shape index (κ3) is 6.63. The van der Waals surface area contributed by atoms with Gasteiger partial charge in [0.15, 0.2) is 0 Å². The summed E-state index contributed by atoms with van der Waals surface area (Å²) in [5.41, 5.74) is 4.23. The van der Waals surface area contributed by atoms with E-state index < -0.39 is 0 Å². The summed E-state index contributed by atoms with van der Waals surface area (Å²) in [4.78, 5) is 26.4. The Morgan fingerprint density at radius 3 is 2.41 bits per heavy atom. The van der Waals surface area contributed by atoms with Gasteiger partial charge in [0.25, 0.3) is 0 Å². The number of carbonyl (C=O) groups excluding carboxylic acids is 2. The van der Waals surface area contributed by atoms with Gasteiger partial charge in [-0.15, -0.1) is 0 Å². The molecule has 1 aliphatic rings. The predicted molar refractivity (Wildman–Crippen MR) is 117 cm³/mol. The first-order chi connectivity index (χ1) is 14.0. The molecule has 3 amide bonds. The summed E-state index contributed by atoms with van der Waals surface area (Å²) in [7, 11) is 0. The monoisotopic (exact) mass is 393 g/mol. The van der Waals surface area contributed by atoms with E-state index in [1.807, 2.05) is 61.2 Å². The van der Waals surface area contributed by atoms with Gasteiger partial charge in [0.05, 0.1) is 6.42 Å². The zero-order chi connectivity index (χ0) is 20.6. The summed E-state index contributed by atoms with van der Waals surface area (Å²) >= 11 is 0. The molecule has 0 spiro atoms. The smallest absolute Gasteiger partial charge is 0.321 e. The van der Waals surface area contributed by atoms with Crippen molar-refractivity contribution in [3.63, 3.8) is 0 Å². The normalized spacial score (nSPS) is 14.5. The highest BCUT2D eigenvalue weighted by Gasteiger charge is 2.22. The van der Waals surface area contributed by atoms with Crippen molar-refractivity contribution in [3.8, 4) is 0 Å². The minimum Gasteiger partial charge on any atom is -0.356 e. The minimum atomic E-state index is -0.0289. The highest BCUT2D eigenvalue weighted by Crippen LogP contribution is 2.21. The molecular weight excluding hydrogens is 362 g/mol. The van der Waals surface area contributed by atoms with Crippen LogP contribution in [-0.4, -0.2) is 36.5 Å². The average Bonchev–Trinajstić information content (AvgIpc) is 2.70. The van der Waals surface area contributed by atoms with E-state index in [9.17, 15) is 9.59 Å². The largest absolute Gasteiger partial charge is 0.356 e. The molecule has 3 rings (SSSR count). The number of nitrogens with one attached hydrogen (secondary N) is 2. The number of urea groups is 1. The van der Waals surface area contributed by atoms with Crippen molar-refractivity contribution in [2.24, 2.45) is 5.92 Å². The van der Waals surface area contributed by atoms with Gasteiger partial charge >= 0.3 is 6.03 Å². The molecule has 2 aromatic rings. The Bertz CT molecular complexity index is 824. The van der Waals surface area contributed by atoms with Crippen LogP contribution < -0.4 is 10.6 Å². The number of hydrogen-bond donors (Lipinski definition) is 2. The zero-order valence-corrected chi connectivity index (χ0v) is 17.4. The van der Waals surface area contributed by atoms with Crippen molar-refractivity contribution in [1.29, 1.82) is 0 Å². The standard InChI is InChI=1S/C24H31N3O2/c1-18-6-8-22(9-7-18)26-24(29)27-14-11-20(12-15-27)10-13-25-23(28)17-21-5-3-4-19(2)16-21/h3-9,16,20H,10-15,17H2,1-2H3,(H,25,28)(H,26,29). The maximum atomic E-state index is 12.4. The minimum absolute atomic E-state index is 0.0289. The Morgan fingerprint density at radius 2 is 1.72 bits per heavy atom. The highest BCUT2D eigenvalue weighted by molar-refractivity contribution is 5.89. The first-order valence-corrected chi connectivity index (χ1v) is 10.4. The van der Waals surface area contributed by atoms with Crippen LogP contribution in [0.3, 0.4) is 0 Å². The van der Waals surface area contributed by atoms with Crippen LogP contribution >= 0.6 is 0 Å². The fourth-order valence-corrected chi connectivity index (χ4v) is 3.75. The molecule has 1 heterocycles. The van der Waals surface area contributed by atoms with Crippen LogP contribution in [0.1, 0.15) is 36.0 Å². The van der Waals surface area contributed by atoms with Crippen molar-refractivity contribution < 1.29 is 9.59 Å². The molecule has 0 bridgehead atoms. The van der Waals surface area contributed by atoms with Crippen LogP contribution in [0.2, 0.25) is 0 Å². The number of anilines is 1. The summed E-state index contributed by atoms with van der Waals surface area (Å²) < 4.78 is 0. The molecule has 0 aliphatic carbocycles. The number of rotatable bonds is 6. The van der Waals surface area contributed by atoms with Crippen molar-refractivity contribution in [2.75, 3.05) is 25.0 Å². The second-order valence-electron chi connectivity index (χ2n) is 8.03. The molecule has 0 unspecified atom stereocenters. The molecule has 5 heteroatoms. The lowest BCUT2D eigenvalue weighted by Gasteiger charge is -2.32. The van der Waals surface area contributed by atoms with Gasteiger partial charge in [0, 0.05) is 25.3 Å². The first kappa shape index (κ1) is 20.9. The lowest BCUT2D eigenvalue weighted by Crippen LogP contribution is -2.41. The van der Waals surface area contributed by atoms with Crippen LogP contribution in [0.15, 0.2) is 48.5 Å². The first-order valence-electron chi connectivity index (χ1n) is 10.4. The summed E-state index contributed by atoms with van der Waals surface area (Å²) in [6, 6.07) is 15.9. The molecule has 29 heavy (non-hydrogen) atoms. The van der Waals surface area contributed by atoms with E-state index in [-0.39, 0.29) is 11.9 Å². The number of carbonyl (C=O) groups is 2. The van der Waals surface area contributed by atoms with Gasteiger partial charge < -0.3 is 15.5 Å². The Morgan fingerprint density at radius 1 is 1.00 bits per heavy atom. The number of likely N-dealkylation sites (tertiary alicyclic amines) is 1. The molecule has 5 nitrogen and oxygen atoms in total. The van der Waals surface area contributed by atoms with E-state index in [1.165, 1.54) is 11.1 Å². The molecule has 1 aliphatic heterocycles. The Balaban J connectivity index is 1.33. The molecule has 1 fully saturated rings. The van der Waals surface area contributed by atoms with Gasteiger partial charge in [-0.25, -0.2) is 4.79 Å². The third-order valence-corrected chi connectivity index (χ3v) is 5.53. The fourth-order valence-electron chi connectivity index (χ4n) is 3.75. The van der Waals surface area contributed by atoms with Gasteiger partial charge in [0.2, 0.25) is 5.91 Å². The number of piperidine rings is 1.